The predicted molar refractivity (Wildman–Crippen MR) is 55.7 cm³/mol. The first-order chi connectivity index (χ1) is 7.75. The number of hydrogen-bond acceptors (Lipinski definition) is 3. The highest BCUT2D eigenvalue weighted by Crippen LogP contribution is 2.33. The summed E-state index contributed by atoms with van der Waals surface area (Å²) in [5.41, 5.74) is -1.15. The van der Waals surface area contributed by atoms with Crippen molar-refractivity contribution in [3.05, 3.63) is 33.8 Å². The molecule has 2 N–H and O–H groups in total. The highest BCUT2D eigenvalue weighted by Gasteiger charge is 2.32. The lowest BCUT2D eigenvalue weighted by molar-refractivity contribution is -0.137. The molecule has 0 radical (unpaired) electrons. The lowest BCUT2D eigenvalue weighted by Crippen LogP contribution is -2.17. The summed E-state index contributed by atoms with van der Waals surface area (Å²) in [5.74, 6) is 0. The molecule has 0 heterocycles. The Hall–Kier alpha value is -1.10. The van der Waals surface area contributed by atoms with E-state index in [-0.39, 0.29) is 10.0 Å². The number of nitrogens with zero attached hydrogens (tertiary/aromatic N) is 1. The summed E-state index contributed by atoms with van der Waals surface area (Å²) in [4.78, 5) is 0. The van der Waals surface area contributed by atoms with E-state index in [0.29, 0.717) is 6.07 Å². The Morgan fingerprint density at radius 1 is 1.24 bits per heavy atom. The Bertz CT molecular complexity index is 456. The number of aliphatic hydroxyl groups is 2. The van der Waals surface area contributed by atoms with Crippen LogP contribution in [0.4, 0.5) is 13.2 Å². The van der Waals surface area contributed by atoms with Gasteiger partial charge in [-0.15, -0.1) is 0 Å². The lowest BCUT2D eigenvalue weighted by atomic mass is 10.0. The molecule has 0 fully saturated rings. The average Bonchev–Trinajstić information content (AvgIpc) is 2.25. The molecule has 0 aromatic heterocycles. The molecule has 17 heavy (non-hydrogen) atoms. The minimum atomic E-state index is -4.56. The fourth-order valence-corrected chi connectivity index (χ4v) is 1.71. The van der Waals surface area contributed by atoms with E-state index >= 15 is 0 Å². The average molecular weight is 310 g/mol. The van der Waals surface area contributed by atoms with Gasteiger partial charge in [0.25, 0.3) is 0 Å². The third-order valence-electron chi connectivity index (χ3n) is 2.02. The van der Waals surface area contributed by atoms with Gasteiger partial charge in [0.2, 0.25) is 0 Å². The molecule has 0 aliphatic heterocycles. The zero-order chi connectivity index (χ0) is 13.2. The van der Waals surface area contributed by atoms with Crippen molar-refractivity contribution in [3.63, 3.8) is 0 Å². The number of hydrogen-bond donors (Lipinski definition) is 2. The number of benzene rings is 1. The zero-order valence-electron chi connectivity index (χ0n) is 8.24. The molecule has 2 unspecified atom stereocenters. The molecule has 7 heteroatoms. The quantitative estimate of drug-likeness (QED) is 0.824. The van der Waals surface area contributed by atoms with Crippen LogP contribution < -0.4 is 0 Å². The smallest absolute Gasteiger partial charge is 0.385 e. The normalized spacial score (nSPS) is 15.1. The van der Waals surface area contributed by atoms with Crippen LogP contribution in [0.15, 0.2) is 22.7 Å². The molecular weight excluding hydrogens is 303 g/mol. The second-order valence-corrected chi connectivity index (χ2v) is 4.21. The Morgan fingerprint density at radius 3 is 2.29 bits per heavy atom. The highest BCUT2D eigenvalue weighted by atomic mass is 79.9. The van der Waals surface area contributed by atoms with E-state index in [0.717, 1.165) is 6.07 Å². The number of rotatable bonds is 2. The molecule has 2 atom stereocenters. The third kappa shape index (κ3) is 3.43. The van der Waals surface area contributed by atoms with E-state index in [1.54, 1.807) is 0 Å². The molecule has 1 aromatic carbocycles. The van der Waals surface area contributed by atoms with Gasteiger partial charge in [0, 0.05) is 4.47 Å². The Kier molecular flexibility index (Phi) is 4.14. The van der Waals surface area contributed by atoms with Crippen LogP contribution in [0, 0.1) is 11.3 Å². The monoisotopic (exact) mass is 309 g/mol. The second-order valence-electron chi connectivity index (χ2n) is 3.29. The van der Waals surface area contributed by atoms with Gasteiger partial charge < -0.3 is 10.2 Å². The van der Waals surface area contributed by atoms with Crippen LogP contribution in [-0.2, 0) is 6.18 Å². The van der Waals surface area contributed by atoms with E-state index in [2.05, 4.69) is 15.9 Å². The molecule has 0 saturated carbocycles. The first kappa shape index (κ1) is 14.0. The molecule has 0 saturated heterocycles. The maximum atomic E-state index is 12.5. The van der Waals surface area contributed by atoms with Crippen molar-refractivity contribution < 1.29 is 23.4 Å². The SMILES string of the molecule is N#CC(O)C(O)c1cc(Br)cc(C(F)(F)F)c1. The summed E-state index contributed by atoms with van der Waals surface area (Å²) in [5, 5.41) is 26.9. The Balaban J connectivity index is 3.19. The third-order valence-corrected chi connectivity index (χ3v) is 2.48. The highest BCUT2D eigenvalue weighted by molar-refractivity contribution is 9.10. The first-order valence-corrected chi connectivity index (χ1v) is 5.18. The van der Waals surface area contributed by atoms with E-state index in [9.17, 15) is 18.3 Å². The largest absolute Gasteiger partial charge is 0.416 e. The minimum Gasteiger partial charge on any atom is -0.385 e. The van der Waals surface area contributed by atoms with E-state index < -0.39 is 23.9 Å². The van der Waals surface area contributed by atoms with Gasteiger partial charge in [0.05, 0.1) is 11.6 Å². The predicted octanol–water partition coefficient (Wildman–Crippen LogP) is 2.39. The fourth-order valence-electron chi connectivity index (χ4n) is 1.20. The van der Waals surface area contributed by atoms with E-state index in [1.165, 1.54) is 12.1 Å². The first-order valence-electron chi connectivity index (χ1n) is 4.39. The van der Waals surface area contributed by atoms with E-state index in [1.807, 2.05) is 0 Å². The van der Waals surface area contributed by atoms with Crippen molar-refractivity contribution in [1.82, 2.24) is 0 Å². The maximum Gasteiger partial charge on any atom is 0.416 e. The van der Waals surface area contributed by atoms with Crippen molar-refractivity contribution in [2.24, 2.45) is 0 Å². The summed E-state index contributed by atoms with van der Waals surface area (Å²) in [6.45, 7) is 0. The van der Waals surface area contributed by atoms with Gasteiger partial charge >= 0.3 is 6.18 Å². The molecular formula is C10H7BrF3NO2. The Labute approximate surface area is 103 Å². The van der Waals surface area contributed by atoms with E-state index in [4.69, 9.17) is 10.4 Å². The summed E-state index contributed by atoms with van der Waals surface area (Å²) in [7, 11) is 0. The standard InChI is InChI=1S/C10H7BrF3NO2/c11-7-2-5(9(17)8(16)4-15)1-6(3-7)10(12,13)14/h1-3,8-9,16-17H. The van der Waals surface area contributed by atoms with Crippen LogP contribution in [0.5, 0.6) is 0 Å². The van der Waals surface area contributed by atoms with Crippen molar-refractivity contribution in [1.29, 1.82) is 5.26 Å². The maximum absolute atomic E-state index is 12.5. The molecule has 92 valence electrons. The van der Waals surface area contributed by atoms with Gasteiger partial charge in [0.15, 0.2) is 6.10 Å². The number of nitriles is 1. The number of halogens is 4. The molecule has 0 aliphatic carbocycles. The fraction of sp³-hybridized carbons (Fsp3) is 0.300. The molecule has 0 bridgehead atoms. The molecule has 1 aromatic rings. The van der Waals surface area contributed by atoms with Crippen LogP contribution >= 0.6 is 15.9 Å². The summed E-state index contributed by atoms with van der Waals surface area (Å²) in [6.07, 6.45) is -8.01. The van der Waals surface area contributed by atoms with Crippen LogP contribution in [0.2, 0.25) is 0 Å². The minimum absolute atomic E-state index is 0.103. The summed E-state index contributed by atoms with van der Waals surface area (Å²) in [6, 6.07) is 4.09. The molecule has 0 aliphatic rings. The van der Waals surface area contributed by atoms with Gasteiger partial charge in [-0.25, -0.2) is 0 Å². The van der Waals surface area contributed by atoms with Crippen molar-refractivity contribution in [2.75, 3.05) is 0 Å². The lowest BCUT2D eigenvalue weighted by Gasteiger charge is -2.15. The molecule has 1 rings (SSSR count). The second kappa shape index (κ2) is 5.04. The number of aliphatic hydroxyl groups excluding tert-OH is 2. The van der Waals surface area contributed by atoms with Crippen molar-refractivity contribution in [2.45, 2.75) is 18.4 Å². The van der Waals surface area contributed by atoms with Crippen molar-refractivity contribution >= 4 is 15.9 Å². The Morgan fingerprint density at radius 2 is 1.82 bits per heavy atom. The van der Waals surface area contributed by atoms with Crippen LogP contribution in [0.25, 0.3) is 0 Å². The summed E-state index contributed by atoms with van der Waals surface area (Å²) >= 11 is 2.87. The molecule has 0 spiro atoms. The van der Waals surface area contributed by atoms with Gasteiger partial charge in [-0.2, -0.15) is 18.4 Å². The molecule has 3 nitrogen and oxygen atoms in total. The van der Waals surface area contributed by atoms with Crippen LogP contribution in [0.3, 0.4) is 0 Å². The van der Waals surface area contributed by atoms with Gasteiger partial charge in [0.1, 0.15) is 6.10 Å². The number of alkyl halides is 3. The van der Waals surface area contributed by atoms with Gasteiger partial charge in [-0.1, -0.05) is 15.9 Å². The van der Waals surface area contributed by atoms with Gasteiger partial charge in [-0.05, 0) is 23.8 Å². The molecule has 0 amide bonds. The topological polar surface area (TPSA) is 64.2 Å². The summed E-state index contributed by atoms with van der Waals surface area (Å²) < 4.78 is 37.5. The zero-order valence-corrected chi connectivity index (χ0v) is 9.83. The van der Waals surface area contributed by atoms with Crippen LogP contribution in [-0.4, -0.2) is 16.3 Å². The van der Waals surface area contributed by atoms with Gasteiger partial charge in [-0.3, -0.25) is 0 Å². The van der Waals surface area contributed by atoms with Crippen LogP contribution in [0.1, 0.15) is 17.2 Å². The van der Waals surface area contributed by atoms with Crippen molar-refractivity contribution in [3.8, 4) is 6.07 Å².